The second-order valence-electron chi connectivity index (χ2n) is 3.60. The number of halogens is 4. The van der Waals surface area contributed by atoms with Gasteiger partial charge in [-0.25, -0.2) is 0 Å². The summed E-state index contributed by atoms with van der Waals surface area (Å²) >= 11 is 3.27. The number of rotatable bonds is 2. The van der Waals surface area contributed by atoms with E-state index in [2.05, 4.69) is 25.9 Å². The molecule has 94 valence electrons. The van der Waals surface area contributed by atoms with Crippen LogP contribution in [0, 0.1) is 0 Å². The Hall–Kier alpha value is -1.43. The van der Waals surface area contributed by atoms with Crippen molar-refractivity contribution in [2.24, 2.45) is 0 Å². The van der Waals surface area contributed by atoms with E-state index >= 15 is 0 Å². The summed E-state index contributed by atoms with van der Waals surface area (Å²) in [4.78, 5) is 7.93. The van der Waals surface area contributed by atoms with Crippen LogP contribution >= 0.6 is 15.9 Å². The van der Waals surface area contributed by atoms with Crippen molar-refractivity contribution in [1.82, 2.24) is 9.97 Å². The maximum atomic E-state index is 12.4. The quantitative estimate of drug-likeness (QED) is 0.781. The van der Waals surface area contributed by atoms with Crippen LogP contribution in [0.4, 0.5) is 13.2 Å². The van der Waals surface area contributed by atoms with Crippen LogP contribution in [0.3, 0.4) is 0 Å². The zero-order chi connectivity index (χ0) is 13.2. The third-order valence-corrected chi connectivity index (χ3v) is 2.92. The number of alkyl halides is 4. The van der Waals surface area contributed by atoms with Gasteiger partial charge in [0.2, 0.25) is 0 Å². The van der Waals surface area contributed by atoms with Crippen molar-refractivity contribution >= 4 is 15.9 Å². The van der Waals surface area contributed by atoms with E-state index in [9.17, 15) is 13.2 Å². The van der Waals surface area contributed by atoms with Crippen molar-refractivity contribution in [2.45, 2.75) is 11.5 Å². The highest BCUT2D eigenvalue weighted by atomic mass is 79.9. The maximum absolute atomic E-state index is 12.4. The van der Waals surface area contributed by atoms with E-state index in [1.54, 1.807) is 18.3 Å². The summed E-state index contributed by atoms with van der Waals surface area (Å²) in [7, 11) is 0. The molecule has 0 aliphatic heterocycles. The van der Waals surface area contributed by atoms with Crippen LogP contribution in [0.5, 0.6) is 0 Å². The van der Waals surface area contributed by atoms with Gasteiger partial charge in [0.05, 0.1) is 17.0 Å². The van der Waals surface area contributed by atoms with Crippen LogP contribution in [0.1, 0.15) is 11.3 Å². The summed E-state index contributed by atoms with van der Waals surface area (Å²) in [5.41, 5.74) is 1.26. The first-order chi connectivity index (χ1) is 8.50. The molecule has 0 aliphatic rings. The normalized spacial score (nSPS) is 11.6. The van der Waals surface area contributed by atoms with E-state index in [1.807, 2.05) is 0 Å². The molecule has 0 fully saturated rings. The van der Waals surface area contributed by atoms with Crippen molar-refractivity contribution < 1.29 is 13.2 Å². The minimum absolute atomic E-state index is 0.469. The number of pyridine rings is 2. The molecule has 0 spiro atoms. The molecule has 2 nitrogen and oxygen atoms in total. The Kier molecular flexibility index (Phi) is 3.65. The van der Waals surface area contributed by atoms with Gasteiger partial charge >= 0.3 is 6.18 Å². The van der Waals surface area contributed by atoms with Crippen LogP contribution in [-0.4, -0.2) is 9.97 Å². The zero-order valence-corrected chi connectivity index (χ0v) is 10.7. The van der Waals surface area contributed by atoms with E-state index in [-0.39, 0.29) is 0 Å². The number of aromatic nitrogens is 2. The van der Waals surface area contributed by atoms with E-state index < -0.39 is 11.7 Å². The maximum Gasteiger partial charge on any atom is 0.417 e. The number of hydrogen-bond acceptors (Lipinski definition) is 2. The molecule has 0 radical (unpaired) electrons. The molecule has 0 saturated carbocycles. The lowest BCUT2D eigenvalue weighted by atomic mass is 10.1. The Morgan fingerprint density at radius 1 is 1.00 bits per heavy atom. The number of hydrogen-bond donors (Lipinski definition) is 0. The number of nitrogens with zero attached hydrogens (tertiary/aromatic N) is 2. The Balaban J connectivity index is 2.28. The first kappa shape index (κ1) is 13.0. The highest BCUT2D eigenvalue weighted by molar-refractivity contribution is 9.08. The zero-order valence-electron chi connectivity index (χ0n) is 9.08. The third kappa shape index (κ3) is 2.87. The van der Waals surface area contributed by atoms with Gasteiger partial charge in [0.1, 0.15) is 0 Å². The molecule has 0 unspecified atom stereocenters. The fraction of sp³-hybridized carbons (Fsp3) is 0.167. The van der Waals surface area contributed by atoms with Crippen molar-refractivity contribution in [3.05, 3.63) is 47.9 Å². The molecule has 0 aliphatic carbocycles. The lowest BCUT2D eigenvalue weighted by Gasteiger charge is -2.07. The molecule has 2 rings (SSSR count). The van der Waals surface area contributed by atoms with Crippen LogP contribution in [0.15, 0.2) is 36.7 Å². The van der Waals surface area contributed by atoms with Crippen LogP contribution in [0.2, 0.25) is 0 Å². The summed E-state index contributed by atoms with van der Waals surface area (Å²) in [5.74, 6) is 0. The lowest BCUT2D eigenvalue weighted by Crippen LogP contribution is -2.05. The van der Waals surface area contributed by atoms with E-state index in [4.69, 9.17) is 0 Å². The molecule has 2 aromatic heterocycles. The van der Waals surface area contributed by atoms with Gasteiger partial charge in [-0.15, -0.1) is 0 Å². The van der Waals surface area contributed by atoms with E-state index in [0.717, 1.165) is 18.0 Å². The second-order valence-corrected chi connectivity index (χ2v) is 4.16. The fourth-order valence-electron chi connectivity index (χ4n) is 1.39. The Labute approximate surface area is 110 Å². The first-order valence-electron chi connectivity index (χ1n) is 5.05. The molecule has 2 aromatic rings. The van der Waals surface area contributed by atoms with E-state index in [1.165, 1.54) is 6.07 Å². The highest BCUT2D eigenvalue weighted by Crippen LogP contribution is 2.29. The van der Waals surface area contributed by atoms with Gasteiger partial charge in [-0.05, 0) is 24.3 Å². The highest BCUT2D eigenvalue weighted by Gasteiger charge is 2.30. The Morgan fingerprint density at radius 2 is 1.78 bits per heavy atom. The van der Waals surface area contributed by atoms with Crippen LogP contribution < -0.4 is 0 Å². The molecule has 0 saturated heterocycles. The summed E-state index contributed by atoms with van der Waals surface area (Å²) in [6, 6.07) is 5.93. The average Bonchev–Trinajstić information content (AvgIpc) is 2.38. The topological polar surface area (TPSA) is 25.8 Å². The Morgan fingerprint density at radius 3 is 2.22 bits per heavy atom. The lowest BCUT2D eigenvalue weighted by molar-refractivity contribution is -0.137. The average molecular weight is 317 g/mol. The first-order valence-corrected chi connectivity index (χ1v) is 6.17. The van der Waals surface area contributed by atoms with Gasteiger partial charge in [-0.1, -0.05) is 15.9 Å². The SMILES string of the molecule is FC(F)(F)c1ccc(-c2ccc(CBr)nc2)nc1. The molecule has 18 heavy (non-hydrogen) atoms. The Bertz CT molecular complexity index is 521. The molecule has 0 bridgehead atoms. The molecule has 0 amide bonds. The molecular formula is C12H8BrF3N2. The van der Waals surface area contributed by atoms with Gasteiger partial charge in [0.15, 0.2) is 0 Å². The predicted octanol–water partition coefficient (Wildman–Crippen LogP) is 4.06. The van der Waals surface area contributed by atoms with Crippen LogP contribution in [0.25, 0.3) is 11.3 Å². The minimum Gasteiger partial charge on any atom is -0.260 e. The van der Waals surface area contributed by atoms with Crippen molar-refractivity contribution in [1.29, 1.82) is 0 Å². The largest absolute Gasteiger partial charge is 0.417 e. The molecule has 0 N–H and O–H groups in total. The molecule has 6 heteroatoms. The van der Waals surface area contributed by atoms with E-state index in [0.29, 0.717) is 16.6 Å². The monoisotopic (exact) mass is 316 g/mol. The smallest absolute Gasteiger partial charge is 0.260 e. The van der Waals surface area contributed by atoms with Gasteiger partial charge in [-0.2, -0.15) is 13.2 Å². The summed E-state index contributed by atoms with van der Waals surface area (Å²) in [6.07, 6.45) is -1.94. The van der Waals surface area contributed by atoms with Crippen molar-refractivity contribution in [3.63, 3.8) is 0 Å². The van der Waals surface area contributed by atoms with Gasteiger partial charge < -0.3 is 0 Å². The van der Waals surface area contributed by atoms with Gasteiger partial charge in [0.25, 0.3) is 0 Å². The summed E-state index contributed by atoms with van der Waals surface area (Å²) in [6.45, 7) is 0. The van der Waals surface area contributed by atoms with Crippen molar-refractivity contribution in [3.8, 4) is 11.3 Å². The molecule has 2 heterocycles. The second kappa shape index (κ2) is 5.06. The fourth-order valence-corrected chi connectivity index (χ4v) is 1.72. The molecule has 0 aromatic carbocycles. The third-order valence-electron chi connectivity index (χ3n) is 2.35. The molecular weight excluding hydrogens is 309 g/mol. The standard InChI is InChI=1S/C12H8BrF3N2/c13-5-10-3-1-8(6-17-10)11-4-2-9(7-18-11)12(14,15)16/h1-4,6-7H,5H2. The van der Waals surface area contributed by atoms with Gasteiger partial charge in [0, 0.05) is 23.3 Å². The summed E-state index contributed by atoms with van der Waals surface area (Å²) in [5, 5.41) is 0.633. The van der Waals surface area contributed by atoms with Crippen LogP contribution in [-0.2, 0) is 11.5 Å². The summed E-state index contributed by atoms with van der Waals surface area (Å²) < 4.78 is 37.1. The van der Waals surface area contributed by atoms with Gasteiger partial charge in [-0.3, -0.25) is 9.97 Å². The predicted molar refractivity (Wildman–Crippen MR) is 65.1 cm³/mol. The van der Waals surface area contributed by atoms with Crippen molar-refractivity contribution in [2.75, 3.05) is 0 Å². The minimum atomic E-state index is -4.36. The molecule has 0 atom stereocenters.